The lowest BCUT2D eigenvalue weighted by molar-refractivity contribution is 0.226. The third kappa shape index (κ3) is 2.61. The molecule has 2 fully saturated rings. The van der Waals surface area contributed by atoms with E-state index in [0.29, 0.717) is 6.54 Å². The van der Waals surface area contributed by atoms with E-state index in [0.717, 1.165) is 22.1 Å². The van der Waals surface area contributed by atoms with E-state index >= 15 is 0 Å². The molecule has 0 amide bonds. The van der Waals surface area contributed by atoms with Gasteiger partial charge in [-0.1, -0.05) is 22.4 Å². The standard InChI is InChI=1S/C16H23BrN2O/c1-20-16-6-5-13(17)7-14(16)15(8-18)19-9-11-3-2-4-12(11)10-19/h5-7,11-12,15H,2-4,8-10,18H2,1H3. The number of nitrogens with two attached hydrogens (primary N) is 1. The van der Waals surface area contributed by atoms with Crippen LogP contribution in [0.2, 0.25) is 0 Å². The van der Waals surface area contributed by atoms with Crippen molar-refractivity contribution in [3.8, 4) is 5.75 Å². The summed E-state index contributed by atoms with van der Waals surface area (Å²) < 4.78 is 6.62. The van der Waals surface area contributed by atoms with E-state index in [4.69, 9.17) is 10.5 Å². The van der Waals surface area contributed by atoms with Gasteiger partial charge in [0.2, 0.25) is 0 Å². The third-order valence-electron chi connectivity index (χ3n) is 4.97. The van der Waals surface area contributed by atoms with E-state index in [1.54, 1.807) is 7.11 Å². The Morgan fingerprint density at radius 3 is 2.65 bits per heavy atom. The number of benzene rings is 1. The van der Waals surface area contributed by atoms with Crippen LogP contribution in [0.4, 0.5) is 0 Å². The zero-order valence-corrected chi connectivity index (χ0v) is 13.6. The van der Waals surface area contributed by atoms with Crippen LogP contribution < -0.4 is 10.5 Å². The SMILES string of the molecule is COc1ccc(Br)cc1C(CN)N1CC2CCCC2C1. The fourth-order valence-electron chi connectivity index (χ4n) is 3.96. The Labute approximate surface area is 129 Å². The molecule has 0 aromatic heterocycles. The summed E-state index contributed by atoms with van der Waals surface area (Å²) in [5, 5.41) is 0. The molecule has 0 bridgehead atoms. The molecule has 1 heterocycles. The average Bonchev–Trinajstić information content (AvgIpc) is 3.01. The number of nitrogens with zero attached hydrogens (tertiary/aromatic N) is 1. The van der Waals surface area contributed by atoms with Crippen molar-refractivity contribution >= 4 is 15.9 Å². The quantitative estimate of drug-likeness (QED) is 0.916. The first kappa shape index (κ1) is 14.4. The molecule has 1 aliphatic heterocycles. The second kappa shape index (κ2) is 6.04. The van der Waals surface area contributed by atoms with Crippen molar-refractivity contribution in [1.29, 1.82) is 0 Å². The van der Waals surface area contributed by atoms with Crippen molar-refractivity contribution in [2.45, 2.75) is 25.3 Å². The first-order chi connectivity index (χ1) is 9.72. The minimum Gasteiger partial charge on any atom is -0.496 e. The molecule has 3 atom stereocenters. The molecule has 1 saturated carbocycles. The molecule has 2 aliphatic rings. The molecule has 1 aliphatic carbocycles. The summed E-state index contributed by atoms with van der Waals surface area (Å²) in [6.45, 7) is 3.04. The van der Waals surface area contributed by atoms with Crippen LogP contribution in [0.1, 0.15) is 30.9 Å². The van der Waals surface area contributed by atoms with Crippen LogP contribution in [0.25, 0.3) is 0 Å². The zero-order chi connectivity index (χ0) is 14.1. The van der Waals surface area contributed by atoms with E-state index in [-0.39, 0.29) is 6.04 Å². The molecule has 3 rings (SSSR count). The molecule has 3 unspecified atom stereocenters. The molecule has 110 valence electrons. The molecule has 2 N–H and O–H groups in total. The highest BCUT2D eigenvalue weighted by atomic mass is 79.9. The van der Waals surface area contributed by atoms with Crippen molar-refractivity contribution in [1.82, 2.24) is 4.90 Å². The van der Waals surface area contributed by atoms with E-state index in [1.807, 2.05) is 12.1 Å². The van der Waals surface area contributed by atoms with Crippen LogP contribution in [0.3, 0.4) is 0 Å². The van der Waals surface area contributed by atoms with Gasteiger partial charge in [-0.05, 0) is 42.9 Å². The Hall–Kier alpha value is -0.580. The van der Waals surface area contributed by atoms with Crippen molar-refractivity contribution < 1.29 is 4.74 Å². The van der Waals surface area contributed by atoms with Gasteiger partial charge in [-0.2, -0.15) is 0 Å². The number of halogens is 1. The smallest absolute Gasteiger partial charge is 0.123 e. The van der Waals surface area contributed by atoms with Crippen LogP contribution in [0, 0.1) is 11.8 Å². The van der Waals surface area contributed by atoms with Crippen LogP contribution in [-0.4, -0.2) is 31.6 Å². The molecular weight excluding hydrogens is 316 g/mol. The minimum atomic E-state index is 0.271. The number of methoxy groups -OCH3 is 1. The number of fused-ring (bicyclic) bond motifs is 1. The Balaban J connectivity index is 1.85. The maximum atomic E-state index is 6.10. The van der Waals surface area contributed by atoms with Crippen molar-refractivity contribution in [3.63, 3.8) is 0 Å². The van der Waals surface area contributed by atoms with Gasteiger partial charge in [0.05, 0.1) is 13.2 Å². The van der Waals surface area contributed by atoms with E-state index < -0.39 is 0 Å². The number of rotatable bonds is 4. The van der Waals surface area contributed by atoms with Crippen molar-refractivity contribution in [2.75, 3.05) is 26.7 Å². The fraction of sp³-hybridized carbons (Fsp3) is 0.625. The Kier molecular flexibility index (Phi) is 4.34. The summed E-state index contributed by atoms with van der Waals surface area (Å²) in [5.74, 6) is 2.73. The van der Waals surface area contributed by atoms with E-state index in [1.165, 1.54) is 37.9 Å². The molecule has 4 heteroatoms. The molecule has 1 saturated heterocycles. The molecule has 1 aromatic rings. The number of ether oxygens (including phenoxy) is 1. The lowest BCUT2D eigenvalue weighted by Crippen LogP contribution is -2.33. The molecule has 1 aromatic carbocycles. The molecule has 0 radical (unpaired) electrons. The van der Waals surface area contributed by atoms with Gasteiger partial charge in [0.15, 0.2) is 0 Å². The Bertz CT molecular complexity index is 468. The highest BCUT2D eigenvalue weighted by molar-refractivity contribution is 9.10. The first-order valence-electron chi connectivity index (χ1n) is 7.50. The topological polar surface area (TPSA) is 38.5 Å². The largest absolute Gasteiger partial charge is 0.496 e. The highest BCUT2D eigenvalue weighted by Gasteiger charge is 2.39. The van der Waals surface area contributed by atoms with Gasteiger partial charge in [0, 0.05) is 29.7 Å². The lowest BCUT2D eigenvalue weighted by Gasteiger charge is -2.29. The summed E-state index contributed by atoms with van der Waals surface area (Å²) in [4.78, 5) is 2.57. The van der Waals surface area contributed by atoms with Gasteiger partial charge in [-0.25, -0.2) is 0 Å². The molecule has 20 heavy (non-hydrogen) atoms. The first-order valence-corrected chi connectivity index (χ1v) is 8.29. The lowest BCUT2D eigenvalue weighted by atomic mass is 10.0. The van der Waals surface area contributed by atoms with E-state index in [9.17, 15) is 0 Å². The van der Waals surface area contributed by atoms with Crippen LogP contribution in [0.15, 0.2) is 22.7 Å². The maximum absolute atomic E-state index is 6.10. The van der Waals surface area contributed by atoms with Gasteiger partial charge in [0.1, 0.15) is 5.75 Å². The summed E-state index contributed by atoms with van der Waals surface area (Å²) in [5.41, 5.74) is 7.31. The number of hydrogen-bond acceptors (Lipinski definition) is 3. The van der Waals surface area contributed by atoms with Gasteiger partial charge in [-0.3, -0.25) is 4.90 Å². The number of hydrogen-bond donors (Lipinski definition) is 1. The highest BCUT2D eigenvalue weighted by Crippen LogP contribution is 2.42. The van der Waals surface area contributed by atoms with E-state index in [2.05, 4.69) is 26.9 Å². The average molecular weight is 339 g/mol. The maximum Gasteiger partial charge on any atom is 0.123 e. The minimum absolute atomic E-state index is 0.271. The van der Waals surface area contributed by atoms with Gasteiger partial charge < -0.3 is 10.5 Å². The van der Waals surface area contributed by atoms with Crippen molar-refractivity contribution in [2.24, 2.45) is 17.6 Å². The predicted molar refractivity (Wildman–Crippen MR) is 84.9 cm³/mol. The zero-order valence-electron chi connectivity index (χ0n) is 12.0. The molecular formula is C16H23BrN2O. The monoisotopic (exact) mass is 338 g/mol. The predicted octanol–water partition coefficient (Wildman–Crippen LogP) is 3.19. The summed E-state index contributed by atoms with van der Waals surface area (Å²) >= 11 is 3.57. The van der Waals surface area contributed by atoms with Crippen LogP contribution >= 0.6 is 15.9 Å². The van der Waals surface area contributed by atoms with Gasteiger partial charge in [0.25, 0.3) is 0 Å². The Morgan fingerprint density at radius 2 is 2.05 bits per heavy atom. The second-order valence-corrected chi connectivity index (χ2v) is 6.96. The number of likely N-dealkylation sites (tertiary alicyclic amines) is 1. The van der Waals surface area contributed by atoms with Gasteiger partial charge in [-0.15, -0.1) is 0 Å². The fourth-order valence-corrected chi connectivity index (χ4v) is 4.34. The van der Waals surface area contributed by atoms with Crippen LogP contribution in [0.5, 0.6) is 5.75 Å². The summed E-state index contributed by atoms with van der Waals surface area (Å²) in [7, 11) is 1.74. The Morgan fingerprint density at radius 1 is 1.35 bits per heavy atom. The third-order valence-corrected chi connectivity index (χ3v) is 5.46. The summed E-state index contributed by atoms with van der Waals surface area (Å²) in [6.07, 6.45) is 4.21. The van der Waals surface area contributed by atoms with Crippen molar-refractivity contribution in [3.05, 3.63) is 28.2 Å². The summed E-state index contributed by atoms with van der Waals surface area (Å²) in [6, 6.07) is 6.48. The van der Waals surface area contributed by atoms with Crippen LogP contribution in [-0.2, 0) is 0 Å². The second-order valence-electron chi connectivity index (χ2n) is 6.04. The molecule has 0 spiro atoms. The normalized spacial score (nSPS) is 27.6. The molecule has 3 nitrogen and oxygen atoms in total. The van der Waals surface area contributed by atoms with Gasteiger partial charge >= 0.3 is 0 Å².